The van der Waals surface area contributed by atoms with Gasteiger partial charge in [-0.25, -0.2) is 0 Å². The number of hydrogen-bond donors (Lipinski definition) is 0. The van der Waals surface area contributed by atoms with Gasteiger partial charge in [0.05, 0.1) is 0 Å². The first-order chi connectivity index (χ1) is 69.8. The minimum Gasteiger partial charge on any atom is -0.304 e. The Balaban J connectivity index is 0.000000188. The van der Waals surface area contributed by atoms with Crippen LogP contribution in [0.25, 0.3) is 135 Å². The van der Waals surface area contributed by atoms with E-state index in [1.54, 1.807) is 52.0 Å². The molecule has 0 unspecified atom stereocenters. The normalized spacial score (nSPS) is 11.6. The summed E-state index contributed by atoms with van der Waals surface area (Å²) in [5.41, 5.74) is 33.2. The van der Waals surface area contributed by atoms with Crippen molar-refractivity contribution in [2.75, 3.05) is 0 Å². The monoisotopic (exact) mass is 2500 g/mol. The van der Waals surface area contributed by atoms with E-state index in [1.807, 2.05) is 280 Å². The van der Waals surface area contributed by atoms with Crippen molar-refractivity contribution in [3.63, 3.8) is 0 Å². The van der Waals surface area contributed by atoms with Gasteiger partial charge in [0.2, 0.25) is 0 Å². The topological polar surface area (TPSA) is 103 Å². The second-order valence-corrected chi connectivity index (χ2v) is 30.9. The smallest absolute Gasteiger partial charge is 0.0280 e. The number of nitrogens with zero attached hydrogens (tertiary/aromatic N) is 8. The van der Waals surface area contributed by atoms with Crippen molar-refractivity contribution < 1.29 is 96.9 Å². The molecule has 20 rings (SSSR count). The minimum atomic E-state index is -2.10. The van der Waals surface area contributed by atoms with Crippen LogP contribution in [0.15, 0.2) is 414 Å². The van der Waals surface area contributed by atoms with Crippen molar-refractivity contribution in [3.05, 3.63) is 529 Å². The Bertz CT molecular complexity index is 6800. The first-order valence-electron chi connectivity index (χ1n) is 49.6. The molecule has 0 aliphatic heterocycles. The molecule has 8 aromatic heterocycles. The van der Waals surface area contributed by atoms with Crippen LogP contribution in [-0.4, -0.2) is 39.9 Å². The van der Waals surface area contributed by atoms with Gasteiger partial charge in [-0.2, -0.15) is 0 Å². The zero-order valence-corrected chi connectivity index (χ0v) is 86.5. The van der Waals surface area contributed by atoms with E-state index in [9.17, 15) is 0 Å². The van der Waals surface area contributed by atoms with E-state index < -0.39 is 27.4 Å². The van der Waals surface area contributed by atoms with Gasteiger partial charge in [-0.15, -0.1) is 287 Å². The third-order valence-corrected chi connectivity index (χ3v) is 21.4. The zero-order valence-electron chi connectivity index (χ0n) is 88.9. The summed E-state index contributed by atoms with van der Waals surface area (Å²) in [6.07, 6.45) is 14.5. The van der Waals surface area contributed by atoms with Crippen LogP contribution in [0.4, 0.5) is 0 Å². The van der Waals surface area contributed by atoms with Crippen molar-refractivity contribution in [1.82, 2.24) is 39.9 Å². The number of hydrogen-bond acceptors (Lipinski definition) is 8. The van der Waals surface area contributed by atoms with Crippen LogP contribution in [0.3, 0.4) is 0 Å². The van der Waals surface area contributed by atoms with Gasteiger partial charge in [0.15, 0.2) is 0 Å². The van der Waals surface area contributed by atoms with Crippen molar-refractivity contribution in [2.45, 2.75) is 89.2 Å². The van der Waals surface area contributed by atoms with Crippen LogP contribution in [0.1, 0.15) is 90.1 Å². The summed E-state index contributed by atoms with van der Waals surface area (Å²) in [5, 5.41) is 0. The van der Waals surface area contributed by atoms with Gasteiger partial charge in [0.25, 0.3) is 0 Å². The maximum atomic E-state index is 7.37. The molecule has 12 heteroatoms. The summed E-state index contributed by atoms with van der Waals surface area (Å²) in [7, 11) is 0. The molecule has 137 heavy (non-hydrogen) atoms. The van der Waals surface area contributed by atoms with E-state index in [0.717, 1.165) is 119 Å². The van der Waals surface area contributed by atoms with E-state index in [1.165, 1.54) is 91.5 Å². The second-order valence-electron chi connectivity index (χ2n) is 30.9. The van der Waals surface area contributed by atoms with Crippen LogP contribution in [0, 0.1) is 124 Å². The van der Waals surface area contributed by atoms with Gasteiger partial charge in [0, 0.05) is 169 Å². The third-order valence-electron chi connectivity index (χ3n) is 21.4. The van der Waals surface area contributed by atoms with Gasteiger partial charge < -0.3 is 39.9 Å². The van der Waals surface area contributed by atoms with E-state index in [0.29, 0.717) is 22.3 Å². The van der Waals surface area contributed by atoms with E-state index in [-0.39, 0.29) is 80.4 Å². The quantitative estimate of drug-likeness (QED) is 0.105. The molecule has 0 saturated heterocycles. The average Bonchev–Trinajstić information content (AvgIpc) is 0.826. The Morgan fingerprint density at radius 3 is 0.526 bits per heavy atom. The Kier molecular flexibility index (Phi) is 36.8. The van der Waals surface area contributed by atoms with E-state index in [4.69, 9.17) is 16.4 Å². The Hall–Kier alpha value is -13.6. The fourth-order valence-electron chi connectivity index (χ4n) is 13.9. The number of pyridine rings is 8. The molecular formula is C125H106Ir4N8-8. The predicted octanol–water partition coefficient (Wildman–Crippen LogP) is 31.0. The summed E-state index contributed by atoms with van der Waals surface area (Å²) < 4.78 is 88.5. The van der Waals surface area contributed by atoms with Crippen LogP contribution in [0.5, 0.6) is 0 Å². The van der Waals surface area contributed by atoms with Gasteiger partial charge >= 0.3 is 0 Å². The van der Waals surface area contributed by atoms with E-state index >= 15 is 0 Å². The van der Waals surface area contributed by atoms with Gasteiger partial charge in [-0.3, -0.25) is 0 Å². The SMILES string of the molecule is CCc1cc(-c2[c-]cccc2)ncc1-c1ccccc1.Cc1cc(-c2[c-]cccc2)ncc1-c1ccccc1.Cc1cc(-c2[c-]cccc2)ncc1-c1ccccc1.Cc1cc(-c2[c-]cccc2)ncc1-c1ccccc1.[2H]C([2H])([2H])c1cnc(-c2[c-]cccc2)cc1C.[2H]C([2H])([2H])c1cnc(-c2[c-]cccc2)cc1C.[2H]C([2H])([2H])c1cnc(-c2[c-]cccc2)cc1C.[2H]C([2H])([2H])c1cnc(-c2[c-]cccc2)cc1C.[Ir].[Ir].[Ir].[Ir]. The van der Waals surface area contributed by atoms with Crippen LogP contribution >= 0.6 is 0 Å². The molecule has 0 spiro atoms. The van der Waals surface area contributed by atoms with Crippen LogP contribution in [-0.2, 0) is 86.8 Å². The second kappa shape index (κ2) is 56.1. The van der Waals surface area contributed by atoms with Gasteiger partial charge in [0.1, 0.15) is 0 Å². The van der Waals surface area contributed by atoms with Gasteiger partial charge in [-0.1, -0.05) is 199 Å². The molecule has 0 fully saturated rings. The maximum Gasteiger partial charge on any atom is 0.0280 e. The molecule has 0 aliphatic rings. The molecule has 690 valence electrons. The molecule has 8 heterocycles. The largest absolute Gasteiger partial charge is 0.304 e. The fraction of sp³-hybridized carbons (Fsp3) is 0.104. The molecule has 20 aromatic rings. The number of rotatable bonds is 13. The van der Waals surface area contributed by atoms with Crippen molar-refractivity contribution in [2.24, 2.45) is 0 Å². The molecular weight excluding hydrogens is 2380 g/mol. The van der Waals surface area contributed by atoms with Crippen molar-refractivity contribution >= 4 is 0 Å². The van der Waals surface area contributed by atoms with Crippen LogP contribution in [0.2, 0.25) is 0 Å². The summed E-state index contributed by atoms with van der Waals surface area (Å²) in [6.45, 7) is 7.29. The third kappa shape index (κ3) is 31.8. The predicted molar refractivity (Wildman–Crippen MR) is 551 cm³/mol. The molecule has 8 nitrogen and oxygen atoms in total. The fourth-order valence-corrected chi connectivity index (χ4v) is 13.9. The molecule has 0 aliphatic carbocycles. The number of aryl methyl sites for hydroxylation is 12. The number of benzene rings is 12. The Labute approximate surface area is 882 Å². The first kappa shape index (κ1) is 89.9. The Morgan fingerprint density at radius 1 is 0.190 bits per heavy atom. The molecule has 4 radical (unpaired) electrons. The summed E-state index contributed by atoms with van der Waals surface area (Å²) in [6, 6.07) is 144. The molecule has 0 amide bonds. The van der Waals surface area contributed by atoms with Crippen molar-refractivity contribution in [3.8, 4) is 135 Å². The maximum absolute atomic E-state index is 7.37. The van der Waals surface area contributed by atoms with Crippen molar-refractivity contribution in [1.29, 1.82) is 0 Å². The van der Waals surface area contributed by atoms with E-state index in [2.05, 4.69) is 201 Å². The standard InChI is InChI=1S/C19H16N.3C18H14N.4C13H12N.4Ir/c1-2-15-13-19(17-11-7-4-8-12-17)20-14-18(15)16-9-5-3-6-10-16;3*1-14-12-18(16-10-6-3-7-11-16)19-13-17(14)15-8-4-2-5-9-15;4*1-10-8-13(14-9-11(10)2)12-6-4-3-5-7-12;;;;/h3-11,13-14H,2H2,1H3;3*2-10,12-13H,1H3;4*3-6,8-9H,1-2H3;;;;/q8*-1;;;;/i;;;;4*2D3;;;;. The summed E-state index contributed by atoms with van der Waals surface area (Å²) >= 11 is 0. The number of aromatic nitrogens is 8. The molecule has 0 saturated carbocycles. The molecule has 0 bridgehead atoms. The average molecular weight is 2500 g/mol. The first-order valence-corrected chi connectivity index (χ1v) is 43.6. The van der Waals surface area contributed by atoms with Gasteiger partial charge in [-0.05, 0) is 195 Å². The molecule has 0 atom stereocenters. The van der Waals surface area contributed by atoms with Crippen LogP contribution < -0.4 is 0 Å². The zero-order chi connectivity index (χ0) is 103. The summed E-state index contributed by atoms with van der Waals surface area (Å²) in [5.74, 6) is 0. The molecule has 0 N–H and O–H groups in total. The summed E-state index contributed by atoms with van der Waals surface area (Å²) in [4.78, 5) is 35.0. The minimum absolute atomic E-state index is 0. The Morgan fingerprint density at radius 2 is 0.358 bits per heavy atom. The molecule has 12 aromatic carbocycles.